The summed E-state index contributed by atoms with van der Waals surface area (Å²) >= 11 is 0. The lowest BCUT2D eigenvalue weighted by Gasteiger charge is -2.07. The topological polar surface area (TPSA) is 101 Å². The van der Waals surface area contributed by atoms with Crippen molar-refractivity contribution in [1.29, 1.82) is 0 Å². The van der Waals surface area contributed by atoms with E-state index in [0.717, 1.165) is 5.56 Å². The van der Waals surface area contributed by atoms with Crippen LogP contribution in [0.5, 0.6) is 5.75 Å². The molecule has 0 aliphatic rings. The first-order valence-corrected chi connectivity index (χ1v) is 7.22. The van der Waals surface area contributed by atoms with Gasteiger partial charge >= 0.3 is 0 Å². The highest BCUT2D eigenvalue weighted by Crippen LogP contribution is 2.11. The Hall–Kier alpha value is -3.19. The molecule has 0 unspecified atom stereocenters. The van der Waals surface area contributed by atoms with Crippen LogP contribution in [-0.4, -0.2) is 35.2 Å². The predicted octanol–water partition coefficient (Wildman–Crippen LogP) is 1.41. The van der Waals surface area contributed by atoms with E-state index in [1.54, 1.807) is 42.1 Å². The maximum absolute atomic E-state index is 11.6. The number of carbonyl (C=O) groups excluding carboxylic acids is 2. The fourth-order valence-electron chi connectivity index (χ4n) is 1.82. The molecule has 24 heavy (non-hydrogen) atoms. The summed E-state index contributed by atoms with van der Waals surface area (Å²) in [5, 5.41) is 11.2. The second-order valence-electron chi connectivity index (χ2n) is 4.72. The highest BCUT2D eigenvalue weighted by atomic mass is 16.5. The quantitative estimate of drug-likeness (QED) is 0.309. The number of hydrogen-bond donors (Lipinski definition) is 3. The van der Waals surface area contributed by atoms with Gasteiger partial charge in [-0.05, 0) is 42.0 Å². The minimum absolute atomic E-state index is 0.225. The van der Waals surface area contributed by atoms with Gasteiger partial charge in [0.15, 0.2) is 0 Å². The highest BCUT2D eigenvalue weighted by Gasteiger charge is 2.03. The molecule has 124 valence electrons. The molecule has 2 rings (SSSR count). The maximum atomic E-state index is 11.6. The zero-order valence-electron chi connectivity index (χ0n) is 12.8. The Morgan fingerprint density at radius 1 is 1.21 bits per heavy atom. The number of aromatic nitrogens is 1. The lowest BCUT2D eigenvalue weighted by molar-refractivity contribution is -0.116. The van der Waals surface area contributed by atoms with Crippen LogP contribution in [0.1, 0.15) is 15.9 Å². The van der Waals surface area contributed by atoms with E-state index in [-0.39, 0.29) is 12.5 Å². The first-order valence-electron chi connectivity index (χ1n) is 7.22. The van der Waals surface area contributed by atoms with Gasteiger partial charge in [0.05, 0.1) is 6.54 Å². The molecule has 0 saturated heterocycles. The Morgan fingerprint density at radius 2 is 2.00 bits per heavy atom. The number of amides is 2. The molecule has 0 bridgehead atoms. The Kier molecular flexibility index (Phi) is 6.48. The van der Waals surface area contributed by atoms with E-state index in [4.69, 9.17) is 9.94 Å². The van der Waals surface area contributed by atoms with E-state index in [0.29, 0.717) is 17.9 Å². The molecule has 0 spiro atoms. The summed E-state index contributed by atoms with van der Waals surface area (Å²) in [5.41, 5.74) is 2.71. The van der Waals surface area contributed by atoms with Crippen LogP contribution >= 0.6 is 0 Å². The van der Waals surface area contributed by atoms with E-state index < -0.39 is 5.91 Å². The maximum Gasteiger partial charge on any atom is 0.274 e. The number of pyridine rings is 1. The van der Waals surface area contributed by atoms with Crippen LogP contribution in [0.2, 0.25) is 0 Å². The van der Waals surface area contributed by atoms with Crippen molar-refractivity contribution in [2.24, 2.45) is 0 Å². The molecular formula is C17H17N3O4. The van der Waals surface area contributed by atoms with Crippen LogP contribution in [0.15, 0.2) is 54.9 Å². The molecular weight excluding hydrogens is 310 g/mol. The van der Waals surface area contributed by atoms with Crippen molar-refractivity contribution >= 4 is 17.9 Å². The largest absolute Gasteiger partial charge is 0.492 e. The van der Waals surface area contributed by atoms with Crippen LogP contribution in [0.3, 0.4) is 0 Å². The lowest BCUT2D eigenvalue weighted by Crippen LogP contribution is -2.26. The summed E-state index contributed by atoms with van der Waals surface area (Å²) in [6, 6.07) is 9.90. The van der Waals surface area contributed by atoms with Gasteiger partial charge in [-0.15, -0.1) is 0 Å². The van der Waals surface area contributed by atoms with Crippen LogP contribution in [0.4, 0.5) is 0 Å². The fraction of sp³-hybridized carbons (Fsp3) is 0.118. The third-order valence-electron chi connectivity index (χ3n) is 3.00. The van der Waals surface area contributed by atoms with Crippen molar-refractivity contribution in [1.82, 2.24) is 15.8 Å². The highest BCUT2D eigenvalue weighted by molar-refractivity contribution is 5.93. The Balaban J connectivity index is 1.70. The van der Waals surface area contributed by atoms with Crippen molar-refractivity contribution in [2.75, 3.05) is 13.2 Å². The number of ether oxygens (including phenoxy) is 1. The van der Waals surface area contributed by atoms with E-state index in [2.05, 4.69) is 10.3 Å². The Bertz CT molecular complexity index is 700. The summed E-state index contributed by atoms with van der Waals surface area (Å²) in [6.07, 6.45) is 6.43. The van der Waals surface area contributed by atoms with Crippen LogP contribution < -0.4 is 15.5 Å². The average molecular weight is 327 g/mol. The zero-order valence-corrected chi connectivity index (χ0v) is 12.8. The molecule has 2 aromatic rings. The standard InChI is InChI=1S/C17H17N3O4/c21-16(8-3-13-2-1-9-18-12-13)19-10-11-24-15-6-4-14(5-7-15)17(22)20-23/h1-9,12,23H,10-11H2,(H,19,21)(H,20,22)/b8-3+. The number of nitrogens with zero attached hydrogens (tertiary/aromatic N) is 1. The van der Waals surface area contributed by atoms with E-state index >= 15 is 0 Å². The van der Waals surface area contributed by atoms with Crippen LogP contribution in [0, 0.1) is 0 Å². The predicted molar refractivity (Wildman–Crippen MR) is 87.5 cm³/mol. The minimum Gasteiger partial charge on any atom is -0.492 e. The molecule has 2 amide bonds. The van der Waals surface area contributed by atoms with Crippen molar-refractivity contribution in [3.63, 3.8) is 0 Å². The Morgan fingerprint density at radius 3 is 2.67 bits per heavy atom. The zero-order chi connectivity index (χ0) is 17.2. The van der Waals surface area contributed by atoms with Crippen LogP contribution in [-0.2, 0) is 4.79 Å². The molecule has 0 aliphatic carbocycles. The number of nitrogens with one attached hydrogen (secondary N) is 2. The van der Waals surface area contributed by atoms with Gasteiger partial charge in [0.2, 0.25) is 5.91 Å². The summed E-state index contributed by atoms with van der Waals surface area (Å²) in [6.45, 7) is 0.632. The van der Waals surface area contributed by atoms with Gasteiger partial charge < -0.3 is 10.1 Å². The summed E-state index contributed by atoms with van der Waals surface area (Å²) in [7, 11) is 0. The molecule has 0 aliphatic heterocycles. The molecule has 0 atom stereocenters. The minimum atomic E-state index is -0.589. The fourth-order valence-corrected chi connectivity index (χ4v) is 1.82. The van der Waals surface area contributed by atoms with Gasteiger partial charge in [0.1, 0.15) is 12.4 Å². The third kappa shape index (κ3) is 5.54. The van der Waals surface area contributed by atoms with Gasteiger partial charge in [-0.25, -0.2) is 5.48 Å². The van der Waals surface area contributed by atoms with Gasteiger partial charge in [0.25, 0.3) is 5.91 Å². The third-order valence-corrected chi connectivity index (χ3v) is 3.00. The van der Waals surface area contributed by atoms with Gasteiger partial charge in [0, 0.05) is 24.0 Å². The first kappa shape index (κ1) is 17.2. The smallest absolute Gasteiger partial charge is 0.274 e. The van der Waals surface area contributed by atoms with E-state index in [1.807, 2.05) is 6.07 Å². The summed E-state index contributed by atoms with van der Waals surface area (Å²) in [4.78, 5) is 26.8. The van der Waals surface area contributed by atoms with E-state index in [1.165, 1.54) is 18.2 Å². The summed E-state index contributed by atoms with van der Waals surface area (Å²) < 4.78 is 5.44. The number of benzene rings is 1. The molecule has 0 radical (unpaired) electrons. The molecule has 7 nitrogen and oxygen atoms in total. The molecule has 1 aromatic carbocycles. The van der Waals surface area contributed by atoms with Gasteiger partial charge in [-0.3, -0.25) is 19.8 Å². The number of rotatable bonds is 7. The SMILES string of the molecule is O=C(/C=C/c1cccnc1)NCCOc1ccc(C(=O)NO)cc1. The van der Waals surface area contributed by atoms with Crippen LogP contribution in [0.25, 0.3) is 6.08 Å². The lowest BCUT2D eigenvalue weighted by atomic mass is 10.2. The van der Waals surface area contributed by atoms with Crippen molar-refractivity contribution in [3.8, 4) is 5.75 Å². The molecule has 7 heteroatoms. The molecule has 1 heterocycles. The molecule has 1 aromatic heterocycles. The second kappa shape index (κ2) is 9.06. The van der Waals surface area contributed by atoms with Gasteiger partial charge in [-0.1, -0.05) is 6.07 Å². The van der Waals surface area contributed by atoms with Crippen molar-refractivity contribution in [3.05, 3.63) is 66.0 Å². The monoisotopic (exact) mass is 327 g/mol. The van der Waals surface area contributed by atoms with Crippen molar-refractivity contribution in [2.45, 2.75) is 0 Å². The number of carbonyl (C=O) groups is 2. The normalized spacial score (nSPS) is 10.4. The summed E-state index contributed by atoms with van der Waals surface area (Å²) in [5.74, 6) is -0.253. The van der Waals surface area contributed by atoms with E-state index in [9.17, 15) is 9.59 Å². The average Bonchev–Trinajstić information content (AvgIpc) is 2.64. The van der Waals surface area contributed by atoms with Gasteiger partial charge in [-0.2, -0.15) is 0 Å². The molecule has 0 fully saturated rings. The van der Waals surface area contributed by atoms with Crippen molar-refractivity contribution < 1.29 is 19.5 Å². The first-order chi connectivity index (χ1) is 11.7. The number of hydrogen-bond acceptors (Lipinski definition) is 5. The second-order valence-corrected chi connectivity index (χ2v) is 4.72. The molecule has 0 saturated carbocycles. The Labute approximate surface area is 138 Å². The molecule has 3 N–H and O–H groups in total. The number of hydroxylamine groups is 1.